The molecule has 3 heterocycles. The van der Waals surface area contributed by atoms with Crippen LogP contribution in [0.2, 0.25) is 0 Å². The molecule has 440 valence electrons. The van der Waals surface area contributed by atoms with E-state index in [2.05, 4.69) is 33.7 Å². The molecular weight excluding hydrogens is 945 g/mol. The second-order valence-corrected chi connectivity index (χ2v) is 25.2. The van der Waals surface area contributed by atoms with Crippen LogP contribution in [0, 0.1) is 23.7 Å². The molecule has 2 aromatic rings. The van der Waals surface area contributed by atoms with E-state index in [9.17, 15) is 10.1 Å². The lowest BCUT2D eigenvalue weighted by atomic mass is 9.70. The van der Waals surface area contributed by atoms with Crippen molar-refractivity contribution in [2.45, 2.75) is 353 Å². The van der Waals surface area contributed by atoms with Gasteiger partial charge in [-0.15, -0.1) is 0 Å². The molecule has 1 aliphatic heterocycles. The van der Waals surface area contributed by atoms with Gasteiger partial charge in [0.25, 0.3) is 0 Å². The SMILES string of the molecule is Cc1cnc(Nc2cnn(C)c2)nc1NC1CCCCCCCCCCCCCCCCCCCCCCCCCCCCCCCCCCCCCCCCCCCCCCCCC2(CC1)CCN(C(=O)CC#N)CC2. The number of nitrogens with one attached hydrogen (secondary N) is 2. The van der Waals surface area contributed by atoms with Crippen molar-refractivity contribution in [2.24, 2.45) is 12.5 Å². The zero-order valence-corrected chi connectivity index (χ0v) is 50.8. The summed E-state index contributed by atoms with van der Waals surface area (Å²) >= 11 is 0. The van der Waals surface area contributed by atoms with Gasteiger partial charge in [0.1, 0.15) is 12.2 Å². The number of nitrogens with zero attached hydrogens (tertiary/aromatic N) is 6. The number of hydrogen-bond acceptors (Lipinski definition) is 7. The number of rotatable bonds is 5. The van der Waals surface area contributed by atoms with Crippen molar-refractivity contribution in [2.75, 3.05) is 23.7 Å². The molecule has 2 aliphatic rings. The minimum atomic E-state index is -0.00505. The first-order chi connectivity index (χ1) is 38.0. The number of aryl methyl sites for hydroxylation is 2. The number of nitriles is 1. The van der Waals surface area contributed by atoms with Crippen LogP contribution in [-0.4, -0.2) is 49.7 Å². The number of hydrogen-bond donors (Lipinski definition) is 2. The van der Waals surface area contributed by atoms with Crippen LogP contribution in [0.3, 0.4) is 0 Å². The summed E-state index contributed by atoms with van der Waals surface area (Å²) < 4.78 is 1.79. The molecule has 0 aromatic carbocycles. The van der Waals surface area contributed by atoms with Crippen molar-refractivity contribution in [3.8, 4) is 6.07 Å². The Morgan fingerprint density at radius 2 is 0.883 bits per heavy atom. The van der Waals surface area contributed by atoms with Crippen molar-refractivity contribution < 1.29 is 4.79 Å². The second kappa shape index (κ2) is 45.6. The molecule has 0 radical (unpaired) electrons. The van der Waals surface area contributed by atoms with E-state index in [-0.39, 0.29) is 17.7 Å². The summed E-state index contributed by atoms with van der Waals surface area (Å²) in [6.45, 7) is 3.68. The van der Waals surface area contributed by atoms with Gasteiger partial charge in [-0.25, -0.2) is 4.98 Å². The van der Waals surface area contributed by atoms with Crippen LogP contribution in [0.15, 0.2) is 18.6 Å². The Hall–Kier alpha value is -3.15. The Balaban J connectivity index is 1.22. The summed E-state index contributed by atoms with van der Waals surface area (Å²) in [4.78, 5) is 24.5. The third kappa shape index (κ3) is 33.9. The Bertz CT molecular complexity index is 1730. The number of carbonyl (C=O) groups is 1. The third-order valence-electron chi connectivity index (χ3n) is 18.2. The monoisotopic (exact) mass is 1070 g/mol. The largest absolute Gasteiger partial charge is 0.367 e. The van der Waals surface area contributed by atoms with Gasteiger partial charge in [-0.05, 0) is 50.9 Å². The first kappa shape index (κ1) is 66.4. The number of carbonyl (C=O) groups excluding carboxylic acids is 1. The van der Waals surface area contributed by atoms with Crippen LogP contribution in [0.1, 0.15) is 346 Å². The van der Waals surface area contributed by atoms with Gasteiger partial charge in [-0.1, -0.05) is 295 Å². The molecule has 9 heteroatoms. The molecule has 9 nitrogen and oxygen atoms in total. The molecule has 1 spiro atoms. The summed E-state index contributed by atoms with van der Waals surface area (Å²) in [7, 11) is 1.92. The normalized spacial score (nSPS) is 22.5. The van der Waals surface area contributed by atoms with Gasteiger partial charge in [-0.3, -0.25) is 9.48 Å². The molecule has 1 unspecified atom stereocenters. The van der Waals surface area contributed by atoms with Gasteiger partial charge in [0, 0.05) is 44.1 Å². The molecule has 1 saturated carbocycles. The standard InChI is InChI=1S/C68H122N8O/c1-62-59-70-67(73-64-60-71-75(2)61-64)74-66(62)72-63-49-47-45-43-41-39-37-35-33-31-29-27-25-23-21-19-17-15-13-11-9-7-5-3-4-6-8-10-12-14-16-18-20-22-24-26-28-30-32-34-36-38-40-42-44-46-48-52-68(53-50-63)54-57-76(58-55-68)65(77)51-56-69/h59-61,63H,3-55,57-58H2,1-2H3,(H2,70,72,73,74). The van der Waals surface area contributed by atoms with Crippen molar-refractivity contribution in [1.82, 2.24) is 24.6 Å². The average molecular weight is 1070 g/mol. The zero-order chi connectivity index (χ0) is 54.4. The maximum absolute atomic E-state index is 12.9. The lowest BCUT2D eigenvalue weighted by molar-refractivity contribution is -0.132. The molecule has 1 saturated heterocycles. The van der Waals surface area contributed by atoms with Crippen LogP contribution in [0.4, 0.5) is 17.5 Å². The summed E-state index contributed by atoms with van der Waals surface area (Å²) in [5.41, 5.74) is 2.18. The lowest BCUT2D eigenvalue weighted by Gasteiger charge is -2.43. The highest BCUT2D eigenvalue weighted by Gasteiger charge is 2.36. The number of anilines is 3. The van der Waals surface area contributed by atoms with Gasteiger partial charge >= 0.3 is 0 Å². The highest BCUT2D eigenvalue weighted by atomic mass is 16.2. The van der Waals surface area contributed by atoms with Crippen LogP contribution < -0.4 is 10.6 Å². The molecule has 0 bridgehead atoms. The molecule has 1 aliphatic carbocycles. The van der Waals surface area contributed by atoms with E-state index in [0.717, 1.165) is 62.3 Å². The summed E-state index contributed by atoms with van der Waals surface area (Å²) in [5.74, 6) is 1.51. The maximum Gasteiger partial charge on any atom is 0.236 e. The minimum absolute atomic E-state index is 0.00505. The van der Waals surface area contributed by atoms with E-state index in [0.29, 0.717) is 12.0 Å². The quantitative estimate of drug-likeness (QED) is 0.307. The number of likely N-dealkylation sites (tertiary alicyclic amines) is 1. The number of piperidine rings is 1. The first-order valence-electron chi connectivity index (χ1n) is 34.0. The molecule has 2 aromatic heterocycles. The van der Waals surface area contributed by atoms with Crippen molar-refractivity contribution >= 4 is 23.4 Å². The highest BCUT2D eigenvalue weighted by Crippen LogP contribution is 2.42. The fourth-order valence-corrected chi connectivity index (χ4v) is 12.9. The van der Waals surface area contributed by atoms with Crippen molar-refractivity contribution in [1.29, 1.82) is 5.26 Å². The van der Waals surface area contributed by atoms with E-state index < -0.39 is 0 Å². The van der Waals surface area contributed by atoms with E-state index in [1.165, 1.54) is 302 Å². The van der Waals surface area contributed by atoms with Gasteiger partial charge in [-0.2, -0.15) is 15.3 Å². The summed E-state index contributed by atoms with van der Waals surface area (Å²) in [5, 5.41) is 21.0. The summed E-state index contributed by atoms with van der Waals surface area (Å²) in [6, 6.07) is 2.43. The molecule has 2 N–H and O–H groups in total. The van der Waals surface area contributed by atoms with Gasteiger partial charge in [0.2, 0.25) is 11.9 Å². The molecule has 1 amide bonds. The van der Waals surface area contributed by atoms with Crippen molar-refractivity contribution in [3.05, 3.63) is 24.2 Å². The predicted molar refractivity (Wildman–Crippen MR) is 330 cm³/mol. The Kier molecular flexibility index (Phi) is 39.3. The maximum atomic E-state index is 12.9. The number of aromatic nitrogens is 4. The average Bonchev–Trinajstić information content (AvgIpc) is 3.86. The Morgan fingerprint density at radius 3 is 1.23 bits per heavy atom. The molecule has 1 atom stereocenters. The highest BCUT2D eigenvalue weighted by molar-refractivity contribution is 5.78. The molecule has 77 heavy (non-hydrogen) atoms. The van der Waals surface area contributed by atoms with Gasteiger partial charge < -0.3 is 15.5 Å². The fourth-order valence-electron chi connectivity index (χ4n) is 12.9. The Labute approximate surface area is 475 Å². The smallest absolute Gasteiger partial charge is 0.236 e. The lowest BCUT2D eigenvalue weighted by Crippen LogP contribution is -2.43. The van der Waals surface area contributed by atoms with Crippen LogP contribution in [0.25, 0.3) is 0 Å². The third-order valence-corrected chi connectivity index (χ3v) is 18.2. The van der Waals surface area contributed by atoms with Crippen LogP contribution in [-0.2, 0) is 11.8 Å². The van der Waals surface area contributed by atoms with Crippen LogP contribution >= 0.6 is 0 Å². The predicted octanol–water partition coefficient (Wildman–Crippen LogP) is 21.1. The Morgan fingerprint density at radius 1 is 0.519 bits per heavy atom. The van der Waals surface area contributed by atoms with E-state index in [1.54, 1.807) is 4.68 Å². The number of amides is 1. The van der Waals surface area contributed by atoms with Crippen molar-refractivity contribution in [3.63, 3.8) is 0 Å². The first-order valence-corrected chi connectivity index (χ1v) is 34.0. The topological polar surface area (TPSA) is 112 Å². The van der Waals surface area contributed by atoms with E-state index >= 15 is 0 Å². The van der Waals surface area contributed by atoms with Gasteiger partial charge in [0.15, 0.2) is 0 Å². The summed E-state index contributed by atoms with van der Waals surface area (Å²) in [6.07, 6.45) is 78.0. The molecular formula is C68H122N8O. The minimum Gasteiger partial charge on any atom is -0.367 e. The molecule has 4 rings (SSSR count). The second-order valence-electron chi connectivity index (χ2n) is 25.2. The van der Waals surface area contributed by atoms with Crippen LogP contribution in [0.5, 0.6) is 0 Å². The van der Waals surface area contributed by atoms with Gasteiger partial charge in [0.05, 0.1) is 18.0 Å². The van der Waals surface area contributed by atoms with E-state index in [1.807, 2.05) is 30.5 Å². The fraction of sp³-hybridized carbons (Fsp3) is 0.868. The molecule has 2 fully saturated rings. The zero-order valence-electron chi connectivity index (χ0n) is 50.8. The van der Waals surface area contributed by atoms with E-state index in [4.69, 9.17) is 4.98 Å².